The highest BCUT2D eigenvalue weighted by atomic mass is 35.5. The summed E-state index contributed by atoms with van der Waals surface area (Å²) in [5.41, 5.74) is 0.391. The van der Waals surface area contributed by atoms with E-state index >= 15 is 0 Å². The van der Waals surface area contributed by atoms with Crippen LogP contribution in [0.4, 0.5) is 0 Å². The number of hydrogen-bond acceptors (Lipinski definition) is 2. The summed E-state index contributed by atoms with van der Waals surface area (Å²) in [5.74, 6) is -0.0626. The SMILES string of the molecule is CC(C)C(O)[C@H](O)c1c(Cl)cccc1Cl. The molecule has 1 rings (SSSR count). The van der Waals surface area contributed by atoms with Crippen molar-refractivity contribution < 1.29 is 10.2 Å². The Morgan fingerprint density at radius 2 is 1.53 bits per heavy atom. The van der Waals surface area contributed by atoms with Crippen LogP contribution in [0.1, 0.15) is 25.5 Å². The zero-order chi connectivity index (χ0) is 11.6. The fourth-order valence-electron chi connectivity index (χ4n) is 1.33. The van der Waals surface area contributed by atoms with E-state index in [0.29, 0.717) is 15.6 Å². The van der Waals surface area contributed by atoms with E-state index in [0.717, 1.165) is 0 Å². The smallest absolute Gasteiger partial charge is 0.108 e. The molecule has 2 atom stereocenters. The Kier molecular flexibility index (Phi) is 4.41. The second-order valence-electron chi connectivity index (χ2n) is 3.81. The Bertz CT molecular complexity index is 319. The van der Waals surface area contributed by atoms with Gasteiger partial charge in [0.2, 0.25) is 0 Å². The number of halogens is 2. The fraction of sp³-hybridized carbons (Fsp3) is 0.455. The summed E-state index contributed by atoms with van der Waals surface area (Å²) < 4.78 is 0. The van der Waals surface area contributed by atoms with Crippen LogP contribution in [0.15, 0.2) is 18.2 Å². The van der Waals surface area contributed by atoms with Gasteiger partial charge in [0.25, 0.3) is 0 Å². The van der Waals surface area contributed by atoms with Gasteiger partial charge in [-0.3, -0.25) is 0 Å². The molecule has 0 aromatic heterocycles. The number of benzene rings is 1. The van der Waals surface area contributed by atoms with Crippen molar-refractivity contribution in [1.82, 2.24) is 0 Å². The van der Waals surface area contributed by atoms with Gasteiger partial charge in [0, 0.05) is 15.6 Å². The quantitative estimate of drug-likeness (QED) is 0.864. The maximum atomic E-state index is 9.90. The fourth-order valence-corrected chi connectivity index (χ4v) is 1.95. The highest BCUT2D eigenvalue weighted by Crippen LogP contribution is 2.33. The Balaban J connectivity index is 3.05. The van der Waals surface area contributed by atoms with Crippen LogP contribution in [0.2, 0.25) is 10.0 Å². The van der Waals surface area contributed by atoms with Gasteiger partial charge in [-0.1, -0.05) is 43.1 Å². The van der Waals surface area contributed by atoms with Gasteiger partial charge < -0.3 is 10.2 Å². The third-order valence-electron chi connectivity index (χ3n) is 2.30. The first-order valence-electron chi connectivity index (χ1n) is 4.75. The molecule has 0 aliphatic rings. The molecule has 0 bridgehead atoms. The zero-order valence-corrected chi connectivity index (χ0v) is 10.1. The van der Waals surface area contributed by atoms with Gasteiger partial charge in [-0.15, -0.1) is 0 Å². The predicted molar refractivity (Wildman–Crippen MR) is 62.3 cm³/mol. The lowest BCUT2D eigenvalue weighted by atomic mass is 9.96. The molecule has 0 spiro atoms. The molecule has 2 N–H and O–H groups in total. The molecule has 15 heavy (non-hydrogen) atoms. The number of aliphatic hydroxyl groups is 2. The van der Waals surface area contributed by atoms with Crippen molar-refractivity contribution >= 4 is 23.2 Å². The summed E-state index contributed by atoms with van der Waals surface area (Å²) in [6, 6.07) is 4.97. The highest BCUT2D eigenvalue weighted by molar-refractivity contribution is 6.36. The van der Waals surface area contributed by atoms with Gasteiger partial charge in [-0.25, -0.2) is 0 Å². The molecule has 0 aliphatic heterocycles. The number of hydrogen-bond donors (Lipinski definition) is 2. The van der Waals surface area contributed by atoms with Gasteiger partial charge in [-0.2, -0.15) is 0 Å². The molecule has 0 saturated carbocycles. The normalized spacial score (nSPS) is 15.4. The van der Waals surface area contributed by atoms with Crippen LogP contribution in [0, 0.1) is 5.92 Å². The van der Waals surface area contributed by atoms with Crippen LogP contribution in [-0.2, 0) is 0 Å². The van der Waals surface area contributed by atoms with Crippen LogP contribution in [0.5, 0.6) is 0 Å². The van der Waals surface area contributed by atoms with E-state index in [1.165, 1.54) is 0 Å². The van der Waals surface area contributed by atoms with Crippen LogP contribution in [0.25, 0.3) is 0 Å². The topological polar surface area (TPSA) is 40.5 Å². The maximum Gasteiger partial charge on any atom is 0.108 e. The van der Waals surface area contributed by atoms with E-state index in [1.807, 2.05) is 13.8 Å². The van der Waals surface area contributed by atoms with Crippen molar-refractivity contribution in [2.75, 3.05) is 0 Å². The molecule has 1 unspecified atom stereocenters. The first-order valence-corrected chi connectivity index (χ1v) is 5.50. The lowest BCUT2D eigenvalue weighted by molar-refractivity contribution is -0.00928. The summed E-state index contributed by atoms with van der Waals surface area (Å²) in [7, 11) is 0. The molecule has 1 aromatic carbocycles. The minimum atomic E-state index is -1.05. The molecule has 0 saturated heterocycles. The monoisotopic (exact) mass is 248 g/mol. The van der Waals surface area contributed by atoms with Crippen molar-refractivity contribution in [3.63, 3.8) is 0 Å². The molecule has 1 aromatic rings. The predicted octanol–water partition coefficient (Wildman–Crippen LogP) is 3.04. The van der Waals surface area contributed by atoms with E-state index in [4.69, 9.17) is 23.2 Å². The molecule has 2 nitrogen and oxygen atoms in total. The second-order valence-corrected chi connectivity index (χ2v) is 4.63. The van der Waals surface area contributed by atoms with Crippen LogP contribution in [-0.4, -0.2) is 16.3 Å². The molecule has 4 heteroatoms. The van der Waals surface area contributed by atoms with Gasteiger partial charge in [0.15, 0.2) is 0 Å². The first kappa shape index (κ1) is 12.8. The van der Waals surface area contributed by atoms with Gasteiger partial charge in [0.05, 0.1) is 6.10 Å². The zero-order valence-electron chi connectivity index (χ0n) is 8.61. The molecule has 0 fully saturated rings. The van der Waals surface area contributed by atoms with Crippen molar-refractivity contribution in [2.24, 2.45) is 5.92 Å². The number of rotatable bonds is 3. The minimum Gasteiger partial charge on any atom is -0.390 e. The Morgan fingerprint density at radius 1 is 1.07 bits per heavy atom. The summed E-state index contributed by atoms with van der Waals surface area (Å²) in [4.78, 5) is 0. The van der Waals surface area contributed by atoms with E-state index in [2.05, 4.69) is 0 Å². The van der Waals surface area contributed by atoms with Crippen LogP contribution in [0.3, 0.4) is 0 Å². The van der Waals surface area contributed by atoms with Crippen molar-refractivity contribution in [3.05, 3.63) is 33.8 Å². The molecular weight excluding hydrogens is 235 g/mol. The lowest BCUT2D eigenvalue weighted by Gasteiger charge is -2.22. The van der Waals surface area contributed by atoms with Crippen molar-refractivity contribution in [2.45, 2.75) is 26.1 Å². The standard InChI is InChI=1S/C11H14Cl2O2/c1-6(2)10(14)11(15)9-7(12)4-3-5-8(9)13/h3-6,10-11,14-15H,1-2H3/t10?,11-/m1/s1. The van der Waals surface area contributed by atoms with E-state index in [1.54, 1.807) is 18.2 Å². The van der Waals surface area contributed by atoms with Crippen molar-refractivity contribution in [3.8, 4) is 0 Å². The van der Waals surface area contributed by atoms with Gasteiger partial charge in [-0.05, 0) is 18.1 Å². The Morgan fingerprint density at radius 3 is 1.93 bits per heavy atom. The molecule has 0 aliphatic carbocycles. The Hall–Kier alpha value is -0.280. The molecule has 84 valence electrons. The van der Waals surface area contributed by atoms with E-state index in [9.17, 15) is 10.2 Å². The largest absolute Gasteiger partial charge is 0.390 e. The molecule has 0 amide bonds. The minimum absolute atomic E-state index is 0.0626. The lowest BCUT2D eigenvalue weighted by Crippen LogP contribution is -2.24. The van der Waals surface area contributed by atoms with Crippen molar-refractivity contribution in [1.29, 1.82) is 0 Å². The molecule has 0 radical (unpaired) electrons. The summed E-state index contributed by atoms with van der Waals surface area (Å²) in [5, 5.41) is 20.4. The van der Waals surface area contributed by atoms with Gasteiger partial charge >= 0.3 is 0 Å². The third-order valence-corrected chi connectivity index (χ3v) is 2.96. The van der Waals surface area contributed by atoms with Crippen LogP contribution < -0.4 is 0 Å². The first-order chi connectivity index (χ1) is 6.95. The average molecular weight is 249 g/mol. The average Bonchev–Trinajstić information content (AvgIpc) is 2.15. The summed E-state index contributed by atoms with van der Waals surface area (Å²) in [6.07, 6.45) is -1.92. The van der Waals surface area contributed by atoms with E-state index < -0.39 is 12.2 Å². The maximum absolute atomic E-state index is 9.90. The van der Waals surface area contributed by atoms with Crippen LogP contribution >= 0.6 is 23.2 Å². The van der Waals surface area contributed by atoms with E-state index in [-0.39, 0.29) is 5.92 Å². The molecule has 0 heterocycles. The third kappa shape index (κ3) is 2.85. The second kappa shape index (κ2) is 5.17. The Labute approximate surface area is 99.5 Å². The highest BCUT2D eigenvalue weighted by Gasteiger charge is 2.25. The summed E-state index contributed by atoms with van der Waals surface area (Å²) in [6.45, 7) is 3.64. The van der Waals surface area contributed by atoms with Gasteiger partial charge in [0.1, 0.15) is 6.10 Å². The molecular formula is C11H14Cl2O2. The number of aliphatic hydroxyl groups excluding tert-OH is 2. The summed E-state index contributed by atoms with van der Waals surface area (Å²) >= 11 is 11.8.